The molecule has 0 saturated heterocycles. The highest BCUT2D eigenvalue weighted by Crippen LogP contribution is 2.28. The molecule has 0 aliphatic carbocycles. The fourth-order valence-electron chi connectivity index (χ4n) is 2.91. The van der Waals surface area contributed by atoms with E-state index in [9.17, 15) is 4.79 Å². The third-order valence-electron chi connectivity index (χ3n) is 4.38. The van der Waals surface area contributed by atoms with Crippen molar-refractivity contribution >= 4 is 63.8 Å². The minimum absolute atomic E-state index is 0.0780. The zero-order valence-electron chi connectivity index (χ0n) is 15.8. The summed E-state index contributed by atoms with van der Waals surface area (Å²) in [7, 11) is 0. The van der Waals surface area contributed by atoms with E-state index in [0.29, 0.717) is 21.4 Å². The smallest absolute Gasteiger partial charge is 0.174 e. The summed E-state index contributed by atoms with van der Waals surface area (Å²) in [5.74, 6) is 0.729. The summed E-state index contributed by atoms with van der Waals surface area (Å²) < 4.78 is 0. The predicted octanol–water partition coefficient (Wildman–Crippen LogP) is 7.08. The molecule has 0 bridgehead atoms. The van der Waals surface area contributed by atoms with Crippen LogP contribution in [0.5, 0.6) is 0 Å². The zero-order valence-corrected chi connectivity index (χ0v) is 18.1. The molecule has 0 fully saturated rings. The number of carbonyl (C=O) groups excluding carboxylic acids is 1. The average molecular weight is 451 g/mol. The topological polar surface area (TPSA) is 42.9 Å². The number of ketones is 1. The van der Waals surface area contributed by atoms with Gasteiger partial charge in [-0.05, 0) is 35.9 Å². The molecule has 0 spiro atoms. The number of hydrogen-bond donors (Lipinski definition) is 0. The van der Waals surface area contributed by atoms with Crippen LogP contribution >= 0.6 is 35.0 Å². The summed E-state index contributed by atoms with van der Waals surface area (Å²) in [6.45, 7) is 0. The van der Waals surface area contributed by atoms with E-state index in [-0.39, 0.29) is 11.5 Å². The van der Waals surface area contributed by atoms with Gasteiger partial charge >= 0.3 is 0 Å². The molecule has 1 heterocycles. The number of thioether (sulfide) groups is 1. The van der Waals surface area contributed by atoms with Gasteiger partial charge in [0.2, 0.25) is 0 Å². The van der Waals surface area contributed by atoms with Gasteiger partial charge in [0.1, 0.15) is 5.03 Å². The quantitative estimate of drug-likeness (QED) is 0.178. The molecule has 0 atom stereocenters. The highest BCUT2D eigenvalue weighted by Gasteiger charge is 2.14. The van der Waals surface area contributed by atoms with E-state index in [1.54, 1.807) is 18.2 Å². The van der Waals surface area contributed by atoms with Gasteiger partial charge in [-0.25, -0.2) is 9.97 Å². The first-order valence-electron chi connectivity index (χ1n) is 9.21. The molecule has 0 aliphatic heterocycles. The molecule has 0 radical (unpaired) electrons. The first-order valence-corrected chi connectivity index (χ1v) is 11.0. The van der Waals surface area contributed by atoms with Crippen LogP contribution in [0.25, 0.3) is 23.1 Å². The molecule has 30 heavy (non-hydrogen) atoms. The maximum absolute atomic E-state index is 12.7. The Kier molecular flexibility index (Phi) is 6.48. The Bertz CT molecular complexity index is 1240. The Balaban J connectivity index is 1.61. The molecule has 4 rings (SSSR count). The van der Waals surface area contributed by atoms with Crippen molar-refractivity contribution in [1.82, 2.24) is 9.97 Å². The van der Waals surface area contributed by atoms with Crippen LogP contribution in [0.2, 0.25) is 10.0 Å². The summed E-state index contributed by atoms with van der Waals surface area (Å²) >= 11 is 13.5. The largest absolute Gasteiger partial charge is 0.293 e. The standard InChI is InChI=1S/C24H16Cl2N2OS/c25-17-11-12-18(20(26)14-17)22(29)15-30-24-19-8-4-5-9-21(19)27-23(28-24)13-10-16-6-2-1-3-7-16/h1-14H,15H2. The molecule has 148 valence electrons. The minimum Gasteiger partial charge on any atom is -0.293 e. The first-order chi connectivity index (χ1) is 14.6. The van der Waals surface area contributed by atoms with Crippen LogP contribution < -0.4 is 0 Å². The Morgan fingerprint density at radius 1 is 0.900 bits per heavy atom. The highest BCUT2D eigenvalue weighted by atomic mass is 35.5. The number of nitrogens with zero attached hydrogens (tertiary/aromatic N) is 2. The van der Waals surface area contributed by atoms with Gasteiger partial charge in [-0.1, -0.05) is 89.6 Å². The summed E-state index contributed by atoms with van der Waals surface area (Å²) in [6, 6.07) is 22.6. The van der Waals surface area contributed by atoms with Crippen molar-refractivity contribution in [2.24, 2.45) is 0 Å². The summed E-state index contributed by atoms with van der Waals surface area (Å²) in [4.78, 5) is 22.0. The fraction of sp³-hybridized carbons (Fsp3) is 0.0417. The lowest BCUT2D eigenvalue weighted by atomic mass is 10.1. The fourth-order valence-corrected chi connectivity index (χ4v) is 4.33. The first kappa shape index (κ1) is 20.6. The van der Waals surface area contributed by atoms with Gasteiger partial charge in [-0.15, -0.1) is 0 Å². The number of fused-ring (bicyclic) bond motifs is 1. The van der Waals surface area contributed by atoms with E-state index < -0.39 is 0 Å². The van der Waals surface area contributed by atoms with E-state index in [1.165, 1.54) is 11.8 Å². The van der Waals surface area contributed by atoms with Gasteiger partial charge in [0.25, 0.3) is 0 Å². The molecule has 1 aromatic heterocycles. The zero-order chi connectivity index (χ0) is 20.9. The second-order valence-electron chi connectivity index (χ2n) is 6.48. The van der Waals surface area contributed by atoms with Crippen LogP contribution in [-0.2, 0) is 0 Å². The van der Waals surface area contributed by atoms with Crippen LogP contribution in [-0.4, -0.2) is 21.5 Å². The maximum Gasteiger partial charge on any atom is 0.174 e. The van der Waals surface area contributed by atoms with Crippen LogP contribution in [0.15, 0.2) is 77.8 Å². The second-order valence-corrected chi connectivity index (χ2v) is 8.29. The molecule has 3 nitrogen and oxygen atoms in total. The van der Waals surface area contributed by atoms with E-state index in [4.69, 9.17) is 23.2 Å². The van der Waals surface area contributed by atoms with Crippen LogP contribution in [0.1, 0.15) is 21.7 Å². The number of para-hydroxylation sites is 1. The number of halogens is 2. The third kappa shape index (κ3) is 4.90. The number of carbonyl (C=O) groups is 1. The van der Waals surface area contributed by atoms with Crippen LogP contribution in [0.3, 0.4) is 0 Å². The maximum atomic E-state index is 12.7. The summed E-state index contributed by atoms with van der Waals surface area (Å²) in [6.07, 6.45) is 3.85. The van der Waals surface area contributed by atoms with E-state index in [0.717, 1.165) is 21.5 Å². The molecule has 0 amide bonds. The van der Waals surface area contributed by atoms with Crippen LogP contribution in [0, 0.1) is 0 Å². The lowest BCUT2D eigenvalue weighted by Gasteiger charge is -2.07. The summed E-state index contributed by atoms with van der Waals surface area (Å²) in [5, 5.41) is 2.52. The normalized spacial score (nSPS) is 11.3. The van der Waals surface area contributed by atoms with E-state index >= 15 is 0 Å². The molecule has 0 aliphatic rings. The van der Waals surface area contributed by atoms with Crippen molar-refractivity contribution in [3.63, 3.8) is 0 Å². The molecule has 3 aromatic carbocycles. The van der Waals surface area contributed by atoms with Gasteiger partial charge in [-0.3, -0.25) is 4.79 Å². The van der Waals surface area contributed by atoms with Gasteiger partial charge in [-0.2, -0.15) is 0 Å². The summed E-state index contributed by atoms with van der Waals surface area (Å²) in [5.41, 5.74) is 2.35. The van der Waals surface area contributed by atoms with Crippen LogP contribution in [0.4, 0.5) is 0 Å². The average Bonchev–Trinajstić information content (AvgIpc) is 2.76. The van der Waals surface area contributed by atoms with Crippen molar-refractivity contribution < 1.29 is 4.79 Å². The molecule has 6 heteroatoms. The Hall–Kier alpha value is -2.66. The van der Waals surface area contributed by atoms with Crippen molar-refractivity contribution in [2.75, 3.05) is 5.75 Å². The van der Waals surface area contributed by atoms with Crippen molar-refractivity contribution in [3.05, 3.63) is 99.8 Å². The lowest BCUT2D eigenvalue weighted by molar-refractivity contribution is 0.102. The molecule has 0 unspecified atom stereocenters. The minimum atomic E-state index is -0.0780. The van der Waals surface area contributed by atoms with E-state index in [2.05, 4.69) is 9.97 Å². The SMILES string of the molecule is O=C(CSc1nc(C=Cc2ccccc2)nc2ccccc12)c1ccc(Cl)cc1Cl. The van der Waals surface area contributed by atoms with Gasteiger partial charge < -0.3 is 0 Å². The number of Topliss-reactive ketones (excluding diaryl/α,β-unsaturated/α-hetero) is 1. The molecule has 0 saturated carbocycles. The second kappa shape index (κ2) is 9.43. The molecular weight excluding hydrogens is 435 g/mol. The number of aromatic nitrogens is 2. The Morgan fingerprint density at radius 3 is 2.47 bits per heavy atom. The molecule has 0 N–H and O–H groups in total. The number of hydrogen-bond acceptors (Lipinski definition) is 4. The van der Waals surface area contributed by atoms with Gasteiger partial charge in [0, 0.05) is 16.0 Å². The third-order valence-corrected chi connectivity index (χ3v) is 5.92. The van der Waals surface area contributed by atoms with Crippen molar-refractivity contribution in [1.29, 1.82) is 0 Å². The van der Waals surface area contributed by atoms with Crippen molar-refractivity contribution in [2.45, 2.75) is 5.03 Å². The Morgan fingerprint density at radius 2 is 1.67 bits per heavy atom. The Labute approximate surface area is 188 Å². The number of rotatable bonds is 6. The van der Waals surface area contributed by atoms with Gasteiger partial charge in [0.05, 0.1) is 16.3 Å². The molecule has 4 aromatic rings. The van der Waals surface area contributed by atoms with Gasteiger partial charge in [0.15, 0.2) is 11.6 Å². The monoisotopic (exact) mass is 450 g/mol. The van der Waals surface area contributed by atoms with Crippen molar-refractivity contribution in [3.8, 4) is 0 Å². The number of benzene rings is 3. The molecular formula is C24H16Cl2N2OS. The lowest BCUT2D eigenvalue weighted by Crippen LogP contribution is -2.04. The predicted molar refractivity (Wildman–Crippen MR) is 126 cm³/mol. The highest BCUT2D eigenvalue weighted by molar-refractivity contribution is 8.00. The van der Waals surface area contributed by atoms with E-state index in [1.807, 2.05) is 66.7 Å².